The van der Waals surface area contributed by atoms with Gasteiger partial charge in [-0.15, -0.1) is 0 Å². The predicted molar refractivity (Wildman–Crippen MR) is 39.5 cm³/mol. The molecule has 1 atom stereocenters. The van der Waals surface area contributed by atoms with Gasteiger partial charge >= 0.3 is 0 Å². The van der Waals surface area contributed by atoms with Gasteiger partial charge in [-0.1, -0.05) is 0 Å². The van der Waals surface area contributed by atoms with Gasteiger partial charge in [0, 0.05) is 6.04 Å². The summed E-state index contributed by atoms with van der Waals surface area (Å²) in [5, 5.41) is 12.0. The van der Waals surface area contributed by atoms with E-state index in [4.69, 9.17) is 5.11 Å². The van der Waals surface area contributed by atoms with E-state index in [1.54, 1.807) is 6.92 Å². The maximum absolute atomic E-state index is 8.96. The van der Waals surface area contributed by atoms with E-state index in [1.807, 2.05) is 20.9 Å². The topological polar surface area (TPSA) is 32.3 Å². The molecular formula is C7H15NO. The van der Waals surface area contributed by atoms with Gasteiger partial charge in [0.15, 0.2) is 0 Å². The normalized spacial score (nSPS) is 16.9. The fraction of sp³-hybridized carbons (Fsp3) is 0.714. The molecule has 0 aliphatic carbocycles. The summed E-state index contributed by atoms with van der Waals surface area (Å²) in [6, 6.07) is 0.273. The molecular weight excluding hydrogens is 114 g/mol. The lowest BCUT2D eigenvalue weighted by atomic mass is 10.1. The van der Waals surface area contributed by atoms with Crippen molar-refractivity contribution in [3.63, 3.8) is 0 Å². The van der Waals surface area contributed by atoms with Crippen molar-refractivity contribution < 1.29 is 5.11 Å². The third-order valence-corrected chi connectivity index (χ3v) is 1.65. The molecule has 0 aliphatic heterocycles. The van der Waals surface area contributed by atoms with Crippen molar-refractivity contribution in [1.29, 1.82) is 0 Å². The largest absolute Gasteiger partial charge is 0.513 e. The van der Waals surface area contributed by atoms with Crippen molar-refractivity contribution in [2.24, 2.45) is 0 Å². The summed E-state index contributed by atoms with van der Waals surface area (Å²) >= 11 is 0. The number of hydrogen-bond donors (Lipinski definition) is 2. The van der Waals surface area contributed by atoms with E-state index >= 15 is 0 Å². The predicted octanol–water partition coefficient (Wildman–Crippen LogP) is 1.45. The molecule has 9 heavy (non-hydrogen) atoms. The summed E-state index contributed by atoms with van der Waals surface area (Å²) < 4.78 is 0. The number of allylic oxidation sites excluding steroid dienone is 1. The van der Waals surface area contributed by atoms with Gasteiger partial charge in [-0.3, -0.25) is 0 Å². The van der Waals surface area contributed by atoms with Gasteiger partial charge in [0.05, 0.1) is 5.76 Å². The van der Waals surface area contributed by atoms with Crippen LogP contribution in [0, 0.1) is 0 Å². The molecule has 0 fully saturated rings. The molecule has 0 radical (unpaired) electrons. The van der Waals surface area contributed by atoms with Crippen LogP contribution in [0.25, 0.3) is 0 Å². The Morgan fingerprint density at radius 3 is 2.00 bits per heavy atom. The van der Waals surface area contributed by atoms with E-state index in [-0.39, 0.29) is 6.04 Å². The number of aliphatic hydroxyl groups excluding tert-OH is 1. The van der Waals surface area contributed by atoms with E-state index in [0.29, 0.717) is 5.76 Å². The molecule has 0 saturated carbocycles. The molecule has 2 nitrogen and oxygen atoms in total. The zero-order valence-corrected chi connectivity index (χ0v) is 6.52. The third kappa shape index (κ3) is 2.51. The van der Waals surface area contributed by atoms with Crippen LogP contribution in [0.15, 0.2) is 11.3 Å². The molecule has 0 spiro atoms. The molecule has 2 heteroatoms. The van der Waals surface area contributed by atoms with Crippen molar-refractivity contribution in [2.75, 3.05) is 7.05 Å². The van der Waals surface area contributed by atoms with Gasteiger partial charge in [-0.2, -0.15) is 0 Å². The average Bonchev–Trinajstić information content (AvgIpc) is 1.84. The van der Waals surface area contributed by atoms with Crippen molar-refractivity contribution >= 4 is 0 Å². The first-order valence-corrected chi connectivity index (χ1v) is 3.13. The first-order valence-electron chi connectivity index (χ1n) is 3.13. The Hall–Kier alpha value is -0.500. The third-order valence-electron chi connectivity index (χ3n) is 1.65. The molecule has 0 aromatic rings. The molecule has 0 aliphatic rings. The number of rotatable bonds is 2. The van der Waals surface area contributed by atoms with Gasteiger partial charge in [-0.25, -0.2) is 0 Å². The van der Waals surface area contributed by atoms with Crippen molar-refractivity contribution in [3.8, 4) is 0 Å². The standard InChI is InChI=1S/C7H15NO/c1-5(7(3)9)6(2)8-4/h6,8-9H,1-4H3/b7-5-. The molecule has 0 bridgehead atoms. The molecule has 1 unspecified atom stereocenters. The molecule has 0 amide bonds. The Balaban J connectivity index is 4.02. The summed E-state index contributed by atoms with van der Waals surface area (Å²) in [5.41, 5.74) is 0.998. The lowest BCUT2D eigenvalue weighted by Crippen LogP contribution is -2.22. The molecule has 2 N–H and O–H groups in total. The van der Waals surface area contributed by atoms with Crippen LogP contribution < -0.4 is 5.32 Å². The molecule has 0 rings (SSSR count). The second-order valence-corrected chi connectivity index (χ2v) is 2.28. The Kier molecular flexibility index (Phi) is 3.32. The number of hydrogen-bond acceptors (Lipinski definition) is 2. The Bertz CT molecular complexity index is 114. The molecule has 0 saturated heterocycles. The number of nitrogens with one attached hydrogen (secondary N) is 1. The summed E-state index contributed by atoms with van der Waals surface area (Å²) in [4.78, 5) is 0. The second-order valence-electron chi connectivity index (χ2n) is 2.28. The van der Waals surface area contributed by atoms with Crippen LogP contribution in [0.1, 0.15) is 20.8 Å². The van der Waals surface area contributed by atoms with Gasteiger partial charge in [-0.05, 0) is 33.4 Å². The highest BCUT2D eigenvalue weighted by Crippen LogP contribution is 2.03. The zero-order chi connectivity index (χ0) is 7.44. The minimum atomic E-state index is 0.273. The lowest BCUT2D eigenvalue weighted by molar-refractivity contribution is 0.399. The van der Waals surface area contributed by atoms with Crippen LogP contribution in [-0.4, -0.2) is 18.2 Å². The highest BCUT2D eigenvalue weighted by Gasteiger charge is 2.01. The van der Waals surface area contributed by atoms with Crippen molar-refractivity contribution in [2.45, 2.75) is 26.8 Å². The summed E-state index contributed by atoms with van der Waals surface area (Å²) in [7, 11) is 1.87. The van der Waals surface area contributed by atoms with Gasteiger partial charge < -0.3 is 10.4 Å². The molecule has 0 heterocycles. The lowest BCUT2D eigenvalue weighted by Gasteiger charge is -2.10. The maximum Gasteiger partial charge on any atom is 0.0896 e. The second kappa shape index (κ2) is 3.51. The summed E-state index contributed by atoms with van der Waals surface area (Å²) in [6.07, 6.45) is 0. The van der Waals surface area contributed by atoms with Gasteiger partial charge in [0.1, 0.15) is 0 Å². The average molecular weight is 129 g/mol. The van der Waals surface area contributed by atoms with E-state index in [0.717, 1.165) is 5.57 Å². The minimum Gasteiger partial charge on any atom is -0.513 e. The number of aliphatic hydroxyl groups is 1. The Morgan fingerprint density at radius 1 is 1.44 bits per heavy atom. The Morgan fingerprint density at radius 2 is 1.89 bits per heavy atom. The summed E-state index contributed by atoms with van der Waals surface area (Å²) in [5.74, 6) is 0.414. The Labute approximate surface area is 56.6 Å². The van der Waals surface area contributed by atoms with Gasteiger partial charge in [0.25, 0.3) is 0 Å². The fourth-order valence-electron chi connectivity index (χ4n) is 0.530. The van der Waals surface area contributed by atoms with E-state index in [1.165, 1.54) is 0 Å². The van der Waals surface area contributed by atoms with Crippen LogP contribution in [0.5, 0.6) is 0 Å². The van der Waals surface area contributed by atoms with E-state index < -0.39 is 0 Å². The highest BCUT2D eigenvalue weighted by molar-refractivity contribution is 5.08. The smallest absolute Gasteiger partial charge is 0.0896 e. The van der Waals surface area contributed by atoms with Crippen LogP contribution >= 0.6 is 0 Å². The first kappa shape index (κ1) is 8.50. The van der Waals surface area contributed by atoms with Crippen molar-refractivity contribution in [1.82, 2.24) is 5.32 Å². The van der Waals surface area contributed by atoms with Crippen LogP contribution in [0.2, 0.25) is 0 Å². The summed E-state index contributed by atoms with van der Waals surface area (Å²) in [6.45, 7) is 5.62. The first-order chi connectivity index (χ1) is 4.09. The highest BCUT2D eigenvalue weighted by atomic mass is 16.3. The van der Waals surface area contributed by atoms with Gasteiger partial charge in [0.2, 0.25) is 0 Å². The number of likely N-dealkylation sites (N-methyl/N-ethyl adjacent to an activating group) is 1. The molecule has 0 aromatic heterocycles. The molecule has 54 valence electrons. The quantitative estimate of drug-likeness (QED) is 0.553. The fourth-order valence-corrected chi connectivity index (χ4v) is 0.530. The SMILES string of the molecule is CNC(C)/C(C)=C(/C)O. The zero-order valence-electron chi connectivity index (χ0n) is 6.52. The van der Waals surface area contributed by atoms with E-state index in [2.05, 4.69) is 5.32 Å². The molecule has 0 aromatic carbocycles. The minimum absolute atomic E-state index is 0.273. The van der Waals surface area contributed by atoms with Crippen LogP contribution in [0.3, 0.4) is 0 Å². The maximum atomic E-state index is 8.96. The van der Waals surface area contributed by atoms with Crippen LogP contribution in [-0.2, 0) is 0 Å². The van der Waals surface area contributed by atoms with E-state index in [9.17, 15) is 0 Å². The van der Waals surface area contributed by atoms with Crippen molar-refractivity contribution in [3.05, 3.63) is 11.3 Å². The van der Waals surface area contributed by atoms with Crippen LogP contribution in [0.4, 0.5) is 0 Å². The monoisotopic (exact) mass is 129 g/mol.